The summed E-state index contributed by atoms with van der Waals surface area (Å²) in [5, 5.41) is 1.14. The van der Waals surface area contributed by atoms with Gasteiger partial charge in [-0.2, -0.15) is 0 Å². The molecule has 2 aliphatic rings. The molecule has 5 rings (SSSR count). The second kappa shape index (κ2) is 6.64. The molecule has 28 heavy (non-hydrogen) atoms. The highest BCUT2D eigenvalue weighted by atomic mass is 16.7. The minimum absolute atomic E-state index is 0.00851. The monoisotopic (exact) mass is 376 g/mol. The van der Waals surface area contributed by atoms with Crippen LogP contribution < -0.4 is 14.2 Å². The molecular weight excluding hydrogens is 356 g/mol. The van der Waals surface area contributed by atoms with Crippen molar-refractivity contribution in [2.45, 2.75) is 6.42 Å². The number of hydrogen-bond donors (Lipinski definition) is 1. The van der Waals surface area contributed by atoms with E-state index >= 15 is 0 Å². The summed E-state index contributed by atoms with van der Waals surface area (Å²) >= 11 is 0. The van der Waals surface area contributed by atoms with Gasteiger partial charge in [0.25, 0.3) is 5.91 Å². The molecule has 0 aliphatic carbocycles. The SMILES string of the molecule is COc1ccc2[nH]cc(C3=CCN(C(=O)c4ccc5c(c4)OCO5)CC3)c2c1. The van der Waals surface area contributed by atoms with Crippen LogP contribution in [0.1, 0.15) is 22.3 Å². The maximum Gasteiger partial charge on any atom is 0.254 e. The molecule has 0 saturated carbocycles. The van der Waals surface area contributed by atoms with Crippen LogP contribution in [-0.4, -0.2) is 42.8 Å². The zero-order chi connectivity index (χ0) is 19.1. The number of aromatic nitrogens is 1. The Hall–Kier alpha value is -3.41. The second-order valence-electron chi connectivity index (χ2n) is 6.91. The summed E-state index contributed by atoms with van der Waals surface area (Å²) < 4.78 is 16.1. The molecule has 6 nitrogen and oxygen atoms in total. The number of nitrogens with one attached hydrogen (secondary N) is 1. The van der Waals surface area contributed by atoms with Crippen molar-refractivity contribution in [3.05, 3.63) is 59.8 Å². The van der Waals surface area contributed by atoms with Crippen molar-refractivity contribution in [3.63, 3.8) is 0 Å². The Balaban J connectivity index is 1.37. The number of H-pyrrole nitrogens is 1. The topological polar surface area (TPSA) is 63.8 Å². The van der Waals surface area contributed by atoms with Crippen LogP contribution in [0.2, 0.25) is 0 Å². The highest BCUT2D eigenvalue weighted by molar-refractivity contribution is 5.97. The summed E-state index contributed by atoms with van der Waals surface area (Å²) in [6.07, 6.45) is 4.97. The van der Waals surface area contributed by atoms with Crippen molar-refractivity contribution in [1.82, 2.24) is 9.88 Å². The van der Waals surface area contributed by atoms with E-state index in [0.29, 0.717) is 30.2 Å². The third-order valence-corrected chi connectivity index (χ3v) is 5.35. The van der Waals surface area contributed by atoms with E-state index in [2.05, 4.69) is 11.1 Å². The Kier molecular flexibility index (Phi) is 3.97. The van der Waals surface area contributed by atoms with Gasteiger partial charge in [0.2, 0.25) is 6.79 Å². The molecule has 2 aliphatic heterocycles. The zero-order valence-corrected chi connectivity index (χ0v) is 15.5. The number of amides is 1. The highest BCUT2D eigenvalue weighted by Gasteiger charge is 2.23. The smallest absolute Gasteiger partial charge is 0.254 e. The van der Waals surface area contributed by atoms with E-state index in [9.17, 15) is 4.79 Å². The maximum atomic E-state index is 12.9. The molecule has 6 heteroatoms. The van der Waals surface area contributed by atoms with Gasteiger partial charge in [-0.25, -0.2) is 0 Å². The standard InChI is InChI=1S/C22H20N2O4/c1-26-16-3-4-19-17(11-16)18(12-23-19)14-6-8-24(9-7-14)22(25)15-2-5-20-21(10-15)28-13-27-20/h2-6,10-12,23H,7-9,13H2,1H3. The lowest BCUT2D eigenvalue weighted by Gasteiger charge is -2.26. The number of hydrogen-bond acceptors (Lipinski definition) is 4. The molecule has 0 saturated heterocycles. The normalized spacial score (nSPS) is 15.6. The van der Waals surface area contributed by atoms with Crippen LogP contribution in [-0.2, 0) is 0 Å². The van der Waals surface area contributed by atoms with E-state index in [1.54, 1.807) is 25.3 Å². The number of fused-ring (bicyclic) bond motifs is 2. The summed E-state index contributed by atoms with van der Waals surface area (Å²) in [4.78, 5) is 18.0. The third-order valence-electron chi connectivity index (χ3n) is 5.35. The maximum absolute atomic E-state index is 12.9. The van der Waals surface area contributed by atoms with Gasteiger partial charge in [0.15, 0.2) is 11.5 Å². The van der Waals surface area contributed by atoms with Gasteiger partial charge in [-0.3, -0.25) is 4.79 Å². The van der Waals surface area contributed by atoms with Crippen LogP contribution in [0.5, 0.6) is 17.2 Å². The number of carbonyl (C=O) groups excluding carboxylic acids is 1. The molecule has 3 aromatic rings. The quantitative estimate of drug-likeness (QED) is 0.755. The lowest BCUT2D eigenvalue weighted by atomic mass is 9.98. The van der Waals surface area contributed by atoms with E-state index in [-0.39, 0.29) is 12.7 Å². The Morgan fingerprint density at radius 2 is 2.04 bits per heavy atom. The number of benzene rings is 2. The first-order chi connectivity index (χ1) is 13.7. The van der Waals surface area contributed by atoms with E-state index in [1.807, 2.05) is 29.3 Å². The van der Waals surface area contributed by atoms with Crippen molar-refractivity contribution in [1.29, 1.82) is 0 Å². The third kappa shape index (κ3) is 2.78. The predicted octanol–water partition coefficient (Wildman–Crippen LogP) is 3.83. The van der Waals surface area contributed by atoms with Crippen LogP contribution >= 0.6 is 0 Å². The predicted molar refractivity (Wildman–Crippen MR) is 106 cm³/mol. The summed E-state index contributed by atoms with van der Waals surface area (Å²) in [5.74, 6) is 2.16. The van der Waals surface area contributed by atoms with Crippen molar-refractivity contribution in [2.24, 2.45) is 0 Å². The number of carbonyl (C=O) groups is 1. The van der Waals surface area contributed by atoms with Crippen LogP contribution in [0, 0.1) is 0 Å². The van der Waals surface area contributed by atoms with Crippen molar-refractivity contribution in [3.8, 4) is 17.2 Å². The highest BCUT2D eigenvalue weighted by Crippen LogP contribution is 2.34. The lowest BCUT2D eigenvalue weighted by Crippen LogP contribution is -2.34. The molecule has 142 valence electrons. The molecular formula is C22H20N2O4. The number of nitrogens with zero attached hydrogens (tertiary/aromatic N) is 1. The minimum Gasteiger partial charge on any atom is -0.497 e. The van der Waals surface area contributed by atoms with Crippen LogP contribution in [0.25, 0.3) is 16.5 Å². The Morgan fingerprint density at radius 1 is 1.14 bits per heavy atom. The van der Waals surface area contributed by atoms with E-state index in [4.69, 9.17) is 14.2 Å². The molecule has 0 atom stereocenters. The van der Waals surface area contributed by atoms with Gasteiger partial charge < -0.3 is 24.1 Å². The second-order valence-corrected chi connectivity index (χ2v) is 6.91. The van der Waals surface area contributed by atoms with Gasteiger partial charge in [-0.15, -0.1) is 0 Å². The number of ether oxygens (including phenoxy) is 3. The Bertz CT molecular complexity index is 1100. The minimum atomic E-state index is 0.00851. The number of aromatic amines is 1. The summed E-state index contributed by atoms with van der Waals surface area (Å²) in [6, 6.07) is 11.4. The fraction of sp³-hybridized carbons (Fsp3) is 0.227. The van der Waals surface area contributed by atoms with Gasteiger partial charge in [0, 0.05) is 41.3 Å². The number of rotatable bonds is 3. The van der Waals surface area contributed by atoms with E-state index in [0.717, 1.165) is 23.1 Å². The van der Waals surface area contributed by atoms with Crippen LogP contribution in [0.15, 0.2) is 48.7 Å². The molecule has 0 radical (unpaired) electrons. The lowest BCUT2D eigenvalue weighted by molar-refractivity contribution is 0.0772. The van der Waals surface area contributed by atoms with Gasteiger partial charge in [0.1, 0.15) is 5.75 Å². The fourth-order valence-corrected chi connectivity index (χ4v) is 3.80. The van der Waals surface area contributed by atoms with Crippen LogP contribution in [0.4, 0.5) is 0 Å². The molecule has 0 spiro atoms. The molecule has 3 heterocycles. The summed E-state index contributed by atoms with van der Waals surface area (Å²) in [7, 11) is 1.67. The molecule has 0 unspecified atom stereocenters. The van der Waals surface area contributed by atoms with Crippen molar-refractivity contribution >= 4 is 22.4 Å². The van der Waals surface area contributed by atoms with Gasteiger partial charge >= 0.3 is 0 Å². The fourth-order valence-electron chi connectivity index (χ4n) is 3.80. The average Bonchev–Trinajstić information content (AvgIpc) is 3.39. The van der Waals surface area contributed by atoms with Crippen molar-refractivity contribution < 1.29 is 19.0 Å². The number of methoxy groups -OCH3 is 1. The molecule has 2 aromatic carbocycles. The first kappa shape index (κ1) is 16.7. The summed E-state index contributed by atoms with van der Waals surface area (Å²) in [5.41, 5.74) is 4.12. The first-order valence-corrected chi connectivity index (χ1v) is 9.26. The summed E-state index contributed by atoms with van der Waals surface area (Å²) in [6.45, 7) is 1.47. The van der Waals surface area contributed by atoms with E-state index < -0.39 is 0 Å². The molecule has 0 fully saturated rings. The van der Waals surface area contributed by atoms with Gasteiger partial charge in [0.05, 0.1) is 7.11 Å². The largest absolute Gasteiger partial charge is 0.497 e. The zero-order valence-electron chi connectivity index (χ0n) is 15.5. The first-order valence-electron chi connectivity index (χ1n) is 9.26. The Labute approximate surface area is 162 Å². The molecule has 0 bridgehead atoms. The molecule has 1 aromatic heterocycles. The van der Waals surface area contributed by atoms with E-state index in [1.165, 1.54) is 11.1 Å². The Morgan fingerprint density at radius 3 is 2.86 bits per heavy atom. The van der Waals surface area contributed by atoms with Gasteiger partial charge in [-0.05, 0) is 48.4 Å². The van der Waals surface area contributed by atoms with Crippen molar-refractivity contribution in [2.75, 3.05) is 27.0 Å². The van der Waals surface area contributed by atoms with Gasteiger partial charge in [-0.1, -0.05) is 6.08 Å². The average molecular weight is 376 g/mol. The van der Waals surface area contributed by atoms with Crippen LogP contribution in [0.3, 0.4) is 0 Å². The molecule has 1 amide bonds. The molecule has 1 N–H and O–H groups in total.